The van der Waals surface area contributed by atoms with Gasteiger partial charge in [-0.3, -0.25) is 9.59 Å². The molecule has 1 aromatic carbocycles. The van der Waals surface area contributed by atoms with Crippen molar-refractivity contribution in [3.63, 3.8) is 0 Å². The maximum atomic E-state index is 14.0. The van der Waals surface area contributed by atoms with Gasteiger partial charge in [-0.1, -0.05) is 11.8 Å². The summed E-state index contributed by atoms with van der Waals surface area (Å²) in [5, 5.41) is -0.0313. The zero-order chi connectivity index (χ0) is 16.5. The molecule has 8 heteroatoms. The summed E-state index contributed by atoms with van der Waals surface area (Å²) in [5.74, 6) is -0.465. The first-order valence-electron chi connectivity index (χ1n) is 6.62. The molecule has 1 unspecified atom stereocenters. The van der Waals surface area contributed by atoms with Crippen molar-refractivity contribution in [2.75, 3.05) is 23.5 Å². The fourth-order valence-corrected chi connectivity index (χ4v) is 3.63. The van der Waals surface area contributed by atoms with Gasteiger partial charge in [0.05, 0.1) is 10.6 Å². The van der Waals surface area contributed by atoms with E-state index in [2.05, 4.69) is 0 Å². The molecule has 1 aliphatic rings. The molecule has 22 heavy (non-hydrogen) atoms. The number of anilines is 1. The Morgan fingerprint density at radius 1 is 1.45 bits per heavy atom. The second kappa shape index (κ2) is 6.37. The molecule has 0 saturated carbocycles. The van der Waals surface area contributed by atoms with Gasteiger partial charge in [0.15, 0.2) is 15.0 Å². The van der Waals surface area contributed by atoms with Crippen molar-refractivity contribution in [1.82, 2.24) is 0 Å². The van der Waals surface area contributed by atoms with Crippen LogP contribution in [0, 0.1) is 11.7 Å². The van der Waals surface area contributed by atoms with Gasteiger partial charge < -0.3 is 4.90 Å². The third-order valence-electron chi connectivity index (χ3n) is 3.36. The lowest BCUT2D eigenvalue weighted by molar-refractivity contribution is -0.117. The lowest BCUT2D eigenvalue weighted by Crippen LogP contribution is -2.26. The summed E-state index contributed by atoms with van der Waals surface area (Å²) in [6.07, 6.45) is 1.25. The second-order valence-electron chi connectivity index (χ2n) is 5.26. The van der Waals surface area contributed by atoms with Crippen LogP contribution in [-0.4, -0.2) is 38.0 Å². The minimum Gasteiger partial charge on any atom is -0.309 e. The first kappa shape index (κ1) is 17.0. The van der Waals surface area contributed by atoms with E-state index in [1.807, 2.05) is 0 Å². The number of halogens is 1. The van der Waals surface area contributed by atoms with E-state index in [1.165, 1.54) is 24.0 Å². The number of benzene rings is 1. The predicted octanol–water partition coefficient (Wildman–Crippen LogP) is 1.86. The van der Waals surface area contributed by atoms with E-state index in [9.17, 15) is 22.4 Å². The zero-order valence-electron chi connectivity index (χ0n) is 12.2. The summed E-state index contributed by atoms with van der Waals surface area (Å²) in [5.41, 5.74) is -0.0248. The van der Waals surface area contributed by atoms with Crippen LogP contribution in [0.3, 0.4) is 0 Å². The van der Waals surface area contributed by atoms with E-state index in [0.717, 1.165) is 24.1 Å². The Balaban J connectivity index is 2.25. The number of hydrogen-bond acceptors (Lipinski definition) is 5. The van der Waals surface area contributed by atoms with E-state index in [4.69, 9.17) is 0 Å². The summed E-state index contributed by atoms with van der Waals surface area (Å²) in [6, 6.07) is 3.41. The highest BCUT2D eigenvalue weighted by molar-refractivity contribution is 8.13. The van der Waals surface area contributed by atoms with Crippen molar-refractivity contribution in [3.05, 3.63) is 24.0 Å². The van der Waals surface area contributed by atoms with Gasteiger partial charge in [-0.15, -0.1) is 0 Å². The Morgan fingerprint density at radius 2 is 2.14 bits per heavy atom. The number of carbonyl (C=O) groups excluding carboxylic acids is 2. The van der Waals surface area contributed by atoms with Crippen molar-refractivity contribution in [1.29, 1.82) is 0 Å². The van der Waals surface area contributed by atoms with Gasteiger partial charge in [0, 0.05) is 31.9 Å². The Hall–Kier alpha value is -1.41. The van der Waals surface area contributed by atoms with Crippen LogP contribution in [0.5, 0.6) is 0 Å². The number of hydrogen-bond donors (Lipinski definition) is 0. The third-order valence-corrected chi connectivity index (χ3v) is 5.52. The average Bonchev–Trinajstić information content (AvgIpc) is 2.77. The van der Waals surface area contributed by atoms with Crippen molar-refractivity contribution < 1.29 is 22.4 Å². The first-order valence-corrected chi connectivity index (χ1v) is 9.49. The van der Waals surface area contributed by atoms with Crippen LogP contribution in [0.25, 0.3) is 0 Å². The first-order chi connectivity index (χ1) is 10.2. The molecule has 0 aromatic heterocycles. The maximum absolute atomic E-state index is 14.0. The van der Waals surface area contributed by atoms with Crippen LogP contribution >= 0.6 is 11.8 Å². The van der Waals surface area contributed by atoms with Gasteiger partial charge in [0.25, 0.3) is 0 Å². The maximum Gasteiger partial charge on any atom is 0.227 e. The Kier molecular flexibility index (Phi) is 4.91. The quantitative estimate of drug-likeness (QED) is 0.779. The number of sulfone groups is 1. The van der Waals surface area contributed by atoms with Gasteiger partial charge in [-0.2, -0.15) is 0 Å². The molecule has 0 radical (unpaired) electrons. The SMILES string of the molecule is CC(=O)SCC1CC(=O)N(c2cc(S(C)(=O)=O)ccc2F)C1. The molecule has 1 atom stereocenters. The van der Waals surface area contributed by atoms with Crippen LogP contribution in [0.1, 0.15) is 13.3 Å². The molecule has 0 spiro atoms. The van der Waals surface area contributed by atoms with Crippen molar-refractivity contribution in [2.24, 2.45) is 5.92 Å². The number of rotatable bonds is 4. The lowest BCUT2D eigenvalue weighted by atomic mass is 10.1. The normalized spacial score (nSPS) is 18.8. The fourth-order valence-electron chi connectivity index (χ4n) is 2.29. The molecule has 0 N–H and O–H groups in total. The number of carbonyl (C=O) groups is 2. The predicted molar refractivity (Wildman–Crippen MR) is 83.1 cm³/mol. The molecule has 1 amide bonds. The summed E-state index contributed by atoms with van der Waals surface area (Å²) in [6.45, 7) is 1.73. The smallest absolute Gasteiger partial charge is 0.227 e. The molecule has 1 fully saturated rings. The summed E-state index contributed by atoms with van der Waals surface area (Å²) >= 11 is 1.13. The van der Waals surface area contributed by atoms with Crippen molar-refractivity contribution >= 4 is 38.3 Å². The second-order valence-corrected chi connectivity index (χ2v) is 8.48. The Morgan fingerprint density at radius 3 is 2.73 bits per heavy atom. The van der Waals surface area contributed by atoms with Gasteiger partial charge in [-0.25, -0.2) is 12.8 Å². The topological polar surface area (TPSA) is 71.5 Å². The van der Waals surface area contributed by atoms with Crippen molar-refractivity contribution in [3.8, 4) is 0 Å². The largest absolute Gasteiger partial charge is 0.309 e. The van der Waals surface area contributed by atoms with Crippen molar-refractivity contribution in [2.45, 2.75) is 18.2 Å². The molecule has 1 aromatic rings. The molecule has 2 rings (SSSR count). The van der Waals surface area contributed by atoms with Gasteiger partial charge >= 0.3 is 0 Å². The van der Waals surface area contributed by atoms with Gasteiger partial charge in [0.2, 0.25) is 5.91 Å². The minimum atomic E-state index is -3.48. The van der Waals surface area contributed by atoms with Crippen LogP contribution in [0.15, 0.2) is 23.1 Å². The molecule has 1 heterocycles. The lowest BCUT2D eigenvalue weighted by Gasteiger charge is -2.18. The molecule has 1 aliphatic heterocycles. The summed E-state index contributed by atoms with van der Waals surface area (Å²) in [4.78, 5) is 24.3. The Bertz CT molecular complexity index is 718. The molecule has 0 aliphatic carbocycles. The third kappa shape index (κ3) is 3.86. The van der Waals surface area contributed by atoms with E-state index in [-0.39, 0.29) is 40.5 Å². The van der Waals surface area contributed by atoms with Crippen LogP contribution in [0.2, 0.25) is 0 Å². The Labute approximate surface area is 132 Å². The van der Waals surface area contributed by atoms with Crippen LogP contribution in [0.4, 0.5) is 10.1 Å². The average molecular weight is 345 g/mol. The molecule has 1 saturated heterocycles. The summed E-state index contributed by atoms with van der Waals surface area (Å²) in [7, 11) is -3.48. The number of amides is 1. The monoisotopic (exact) mass is 345 g/mol. The molecule has 0 bridgehead atoms. The van der Waals surface area contributed by atoms with E-state index in [0.29, 0.717) is 5.75 Å². The highest BCUT2D eigenvalue weighted by Gasteiger charge is 2.32. The number of nitrogens with zero attached hydrogens (tertiary/aromatic N) is 1. The number of thioether (sulfide) groups is 1. The van der Waals surface area contributed by atoms with E-state index < -0.39 is 15.7 Å². The van der Waals surface area contributed by atoms with Crippen LogP contribution in [-0.2, 0) is 19.4 Å². The van der Waals surface area contributed by atoms with E-state index >= 15 is 0 Å². The zero-order valence-corrected chi connectivity index (χ0v) is 13.8. The summed E-state index contributed by atoms with van der Waals surface area (Å²) < 4.78 is 37.1. The fraction of sp³-hybridized carbons (Fsp3) is 0.429. The molecule has 5 nitrogen and oxygen atoms in total. The molecular formula is C14H16FNO4S2. The highest BCUT2D eigenvalue weighted by atomic mass is 32.2. The highest BCUT2D eigenvalue weighted by Crippen LogP contribution is 2.30. The van der Waals surface area contributed by atoms with Gasteiger partial charge in [0.1, 0.15) is 5.82 Å². The minimum absolute atomic E-state index is 0.0248. The van der Waals surface area contributed by atoms with Crippen LogP contribution < -0.4 is 4.90 Å². The molecule has 120 valence electrons. The van der Waals surface area contributed by atoms with E-state index in [1.54, 1.807) is 0 Å². The van der Waals surface area contributed by atoms with Gasteiger partial charge in [-0.05, 0) is 24.1 Å². The molecular weight excluding hydrogens is 329 g/mol. The standard InChI is InChI=1S/C14H16FNO4S2/c1-9(17)21-8-10-5-14(18)16(7-10)13-6-11(22(2,19)20)3-4-12(13)15/h3-4,6,10H,5,7-8H2,1-2H3.